The van der Waals surface area contributed by atoms with Crippen LogP contribution in [0.3, 0.4) is 0 Å². The Morgan fingerprint density at radius 3 is 2.90 bits per heavy atom. The van der Waals surface area contributed by atoms with Crippen LogP contribution in [0.1, 0.15) is 30.5 Å². The van der Waals surface area contributed by atoms with Crippen molar-refractivity contribution in [3.63, 3.8) is 0 Å². The van der Waals surface area contributed by atoms with E-state index in [2.05, 4.69) is 14.7 Å². The van der Waals surface area contributed by atoms with Gasteiger partial charge in [0.25, 0.3) is 0 Å². The minimum absolute atomic E-state index is 0.0712. The highest BCUT2D eigenvalue weighted by atomic mass is 16.5. The first-order valence-electron chi connectivity index (χ1n) is 3.14. The van der Waals surface area contributed by atoms with E-state index in [4.69, 9.17) is 5.26 Å². The Kier molecular flexibility index (Phi) is 0.978. The van der Waals surface area contributed by atoms with E-state index in [-0.39, 0.29) is 5.89 Å². The molecule has 0 aliphatic heterocycles. The molecular formula is C6H5N3O. The molecule has 1 fully saturated rings. The fraction of sp³-hybridized carbons (Fsp3) is 0.500. The molecule has 0 atom stereocenters. The van der Waals surface area contributed by atoms with Gasteiger partial charge in [0.2, 0.25) is 0 Å². The summed E-state index contributed by atoms with van der Waals surface area (Å²) in [5.41, 5.74) is 0. The van der Waals surface area contributed by atoms with Crippen molar-refractivity contribution in [1.29, 1.82) is 5.26 Å². The molecule has 1 aromatic heterocycles. The maximum atomic E-state index is 8.31. The summed E-state index contributed by atoms with van der Waals surface area (Å²) in [6.45, 7) is 0. The maximum absolute atomic E-state index is 8.31. The van der Waals surface area contributed by atoms with Crippen LogP contribution in [-0.2, 0) is 0 Å². The van der Waals surface area contributed by atoms with Crippen LogP contribution in [-0.4, -0.2) is 10.1 Å². The van der Waals surface area contributed by atoms with Crippen molar-refractivity contribution < 1.29 is 4.52 Å². The van der Waals surface area contributed by atoms with Crippen LogP contribution in [0.2, 0.25) is 0 Å². The Morgan fingerprint density at radius 1 is 1.60 bits per heavy atom. The summed E-state index contributed by atoms with van der Waals surface area (Å²) in [6.07, 6.45) is 2.26. The zero-order chi connectivity index (χ0) is 6.97. The fourth-order valence-electron chi connectivity index (χ4n) is 0.788. The molecule has 0 radical (unpaired) electrons. The standard InChI is InChI=1S/C6H5N3O/c7-3-5-8-6(9-10-5)4-1-2-4/h4H,1-2H2. The third kappa shape index (κ3) is 0.760. The topological polar surface area (TPSA) is 62.7 Å². The van der Waals surface area contributed by atoms with Gasteiger partial charge >= 0.3 is 5.89 Å². The smallest absolute Gasteiger partial charge is 0.323 e. The third-order valence-corrected chi connectivity index (χ3v) is 1.48. The molecule has 0 spiro atoms. The molecule has 0 N–H and O–H groups in total. The monoisotopic (exact) mass is 135 g/mol. The molecule has 2 rings (SSSR count). The first-order chi connectivity index (χ1) is 4.90. The van der Waals surface area contributed by atoms with Crippen LogP contribution < -0.4 is 0 Å². The lowest BCUT2D eigenvalue weighted by atomic mass is 10.4. The quantitative estimate of drug-likeness (QED) is 0.571. The van der Waals surface area contributed by atoms with Crippen molar-refractivity contribution >= 4 is 0 Å². The summed E-state index contributed by atoms with van der Waals surface area (Å²) < 4.78 is 4.59. The molecule has 1 aliphatic carbocycles. The second-order valence-electron chi connectivity index (χ2n) is 2.34. The molecular weight excluding hydrogens is 130 g/mol. The zero-order valence-electron chi connectivity index (χ0n) is 5.24. The highest BCUT2D eigenvalue weighted by Crippen LogP contribution is 2.37. The van der Waals surface area contributed by atoms with E-state index >= 15 is 0 Å². The number of hydrogen-bond donors (Lipinski definition) is 0. The van der Waals surface area contributed by atoms with Crippen LogP contribution in [0.25, 0.3) is 0 Å². The Labute approximate surface area is 57.5 Å². The van der Waals surface area contributed by atoms with Crippen molar-refractivity contribution in [2.45, 2.75) is 18.8 Å². The molecule has 50 valence electrons. The SMILES string of the molecule is N#Cc1nc(C2CC2)no1. The maximum Gasteiger partial charge on any atom is 0.329 e. The number of rotatable bonds is 1. The summed E-state index contributed by atoms with van der Waals surface area (Å²) in [4.78, 5) is 3.85. The van der Waals surface area contributed by atoms with E-state index in [0.717, 1.165) is 12.8 Å². The lowest BCUT2D eigenvalue weighted by molar-refractivity contribution is 0.400. The minimum Gasteiger partial charge on any atom is -0.323 e. The van der Waals surface area contributed by atoms with Crippen molar-refractivity contribution in [3.05, 3.63) is 11.7 Å². The molecule has 0 aromatic carbocycles. The highest BCUT2D eigenvalue weighted by Gasteiger charge is 2.28. The second-order valence-corrected chi connectivity index (χ2v) is 2.34. The van der Waals surface area contributed by atoms with E-state index in [1.807, 2.05) is 0 Å². The van der Waals surface area contributed by atoms with Crippen LogP contribution in [0.4, 0.5) is 0 Å². The number of aromatic nitrogens is 2. The normalized spacial score (nSPS) is 16.7. The average molecular weight is 135 g/mol. The van der Waals surface area contributed by atoms with Crippen molar-refractivity contribution in [2.75, 3.05) is 0 Å². The van der Waals surface area contributed by atoms with Gasteiger partial charge in [-0.25, -0.2) is 0 Å². The van der Waals surface area contributed by atoms with Gasteiger partial charge in [0, 0.05) is 5.92 Å². The molecule has 4 heteroatoms. The molecule has 0 amide bonds. The van der Waals surface area contributed by atoms with Crippen LogP contribution in [0, 0.1) is 11.3 Å². The van der Waals surface area contributed by atoms with Gasteiger partial charge in [-0.05, 0) is 12.8 Å². The summed E-state index contributed by atoms with van der Waals surface area (Å²) in [7, 11) is 0. The molecule has 4 nitrogen and oxygen atoms in total. The minimum atomic E-state index is 0.0712. The molecule has 0 unspecified atom stereocenters. The van der Waals surface area contributed by atoms with Crippen molar-refractivity contribution in [1.82, 2.24) is 10.1 Å². The van der Waals surface area contributed by atoms with Gasteiger partial charge in [0.1, 0.15) is 0 Å². The Balaban J connectivity index is 2.29. The molecule has 1 aromatic rings. The number of nitrogens with zero attached hydrogens (tertiary/aromatic N) is 3. The highest BCUT2D eigenvalue weighted by molar-refractivity contribution is 5.09. The van der Waals surface area contributed by atoms with Gasteiger partial charge in [-0.1, -0.05) is 5.16 Å². The Hall–Kier alpha value is -1.37. The molecule has 1 heterocycles. The van der Waals surface area contributed by atoms with Crippen LogP contribution in [0.5, 0.6) is 0 Å². The van der Waals surface area contributed by atoms with Gasteiger partial charge in [-0.3, -0.25) is 0 Å². The van der Waals surface area contributed by atoms with Crippen LogP contribution in [0.15, 0.2) is 4.52 Å². The van der Waals surface area contributed by atoms with E-state index in [1.54, 1.807) is 6.07 Å². The second kappa shape index (κ2) is 1.81. The van der Waals surface area contributed by atoms with E-state index in [1.165, 1.54) is 0 Å². The molecule has 1 saturated carbocycles. The van der Waals surface area contributed by atoms with Gasteiger partial charge in [-0.15, -0.1) is 0 Å². The predicted molar refractivity (Wildman–Crippen MR) is 31.0 cm³/mol. The van der Waals surface area contributed by atoms with E-state index in [9.17, 15) is 0 Å². The summed E-state index contributed by atoms with van der Waals surface area (Å²) in [6, 6.07) is 1.79. The van der Waals surface area contributed by atoms with Gasteiger partial charge in [-0.2, -0.15) is 10.2 Å². The van der Waals surface area contributed by atoms with Gasteiger partial charge < -0.3 is 4.52 Å². The fourth-order valence-corrected chi connectivity index (χ4v) is 0.788. The Bertz CT molecular complexity index is 281. The predicted octanol–water partition coefficient (Wildman–Crippen LogP) is 0.819. The number of hydrogen-bond acceptors (Lipinski definition) is 4. The summed E-state index contributed by atoms with van der Waals surface area (Å²) >= 11 is 0. The lowest BCUT2D eigenvalue weighted by Crippen LogP contribution is -1.80. The zero-order valence-corrected chi connectivity index (χ0v) is 5.24. The average Bonchev–Trinajstić information content (AvgIpc) is 2.70. The van der Waals surface area contributed by atoms with Crippen molar-refractivity contribution in [2.24, 2.45) is 0 Å². The van der Waals surface area contributed by atoms with E-state index in [0.29, 0.717) is 11.7 Å². The molecule has 1 aliphatic rings. The largest absolute Gasteiger partial charge is 0.329 e. The van der Waals surface area contributed by atoms with Crippen molar-refractivity contribution in [3.8, 4) is 6.07 Å². The summed E-state index contributed by atoms with van der Waals surface area (Å²) in [5.74, 6) is 1.23. The first kappa shape index (κ1) is 5.42. The van der Waals surface area contributed by atoms with E-state index < -0.39 is 0 Å². The van der Waals surface area contributed by atoms with Crippen LogP contribution >= 0.6 is 0 Å². The van der Waals surface area contributed by atoms with Gasteiger partial charge in [0.15, 0.2) is 11.9 Å². The summed E-state index contributed by atoms with van der Waals surface area (Å²) in [5, 5.41) is 11.9. The molecule has 10 heavy (non-hydrogen) atoms. The Morgan fingerprint density at radius 2 is 2.40 bits per heavy atom. The number of nitriles is 1. The third-order valence-electron chi connectivity index (χ3n) is 1.48. The first-order valence-corrected chi connectivity index (χ1v) is 3.14. The van der Waals surface area contributed by atoms with Gasteiger partial charge in [0.05, 0.1) is 0 Å². The lowest BCUT2D eigenvalue weighted by Gasteiger charge is -1.76. The molecule has 0 bridgehead atoms. The molecule has 0 saturated heterocycles.